The molecule has 0 bridgehead atoms. The highest BCUT2D eigenvalue weighted by atomic mass is 17.2. The molecule has 12 heteroatoms. The molecule has 1 N–H and O–H groups in total. The number of H-pyrrole nitrogens is 1. The summed E-state index contributed by atoms with van der Waals surface area (Å²) in [5.41, 5.74) is 7.29. The highest BCUT2D eigenvalue weighted by Crippen LogP contribution is 2.51. The number of aromatic nitrogens is 3. The van der Waals surface area contributed by atoms with Crippen molar-refractivity contribution in [2.24, 2.45) is 29.1 Å². The number of aromatic amines is 1. The van der Waals surface area contributed by atoms with Crippen molar-refractivity contribution in [3.8, 4) is 17.3 Å². The summed E-state index contributed by atoms with van der Waals surface area (Å²) in [6.45, 7) is 26.8. The van der Waals surface area contributed by atoms with Crippen molar-refractivity contribution in [3.05, 3.63) is 51.9 Å². The second-order valence-electron chi connectivity index (χ2n) is 15.5. The molecule has 1 amide bonds. The Morgan fingerprint density at radius 3 is 2.20 bits per heavy atom. The molecule has 4 atom stereocenters. The molecule has 280 valence electrons. The third-order valence-corrected chi connectivity index (χ3v) is 10.00. The zero-order chi connectivity index (χ0) is 37.6. The summed E-state index contributed by atoms with van der Waals surface area (Å²) in [7, 11) is 6.89. The van der Waals surface area contributed by atoms with E-state index in [4.69, 9.17) is 35.8 Å². The van der Waals surface area contributed by atoms with Crippen molar-refractivity contribution in [1.82, 2.24) is 19.5 Å². The van der Waals surface area contributed by atoms with E-state index < -0.39 is 6.09 Å². The minimum absolute atomic E-state index is 0.0501. The lowest BCUT2D eigenvalue weighted by Gasteiger charge is -2.46. The molecular formula is C39H58N6O6. The average molecular weight is 707 g/mol. The summed E-state index contributed by atoms with van der Waals surface area (Å²) < 4.78 is 7.82. The van der Waals surface area contributed by atoms with Crippen LogP contribution in [0.15, 0.2) is 23.8 Å². The van der Waals surface area contributed by atoms with E-state index in [0.717, 1.165) is 40.8 Å². The van der Waals surface area contributed by atoms with Gasteiger partial charge in [0.15, 0.2) is 5.82 Å². The normalized spacial score (nSPS) is 19.2. The van der Waals surface area contributed by atoms with Crippen molar-refractivity contribution >= 4 is 23.1 Å². The molecule has 0 spiro atoms. The van der Waals surface area contributed by atoms with E-state index in [2.05, 4.69) is 88.4 Å². The smallest absolute Gasteiger partial charge is 0.402 e. The van der Waals surface area contributed by atoms with Gasteiger partial charge in [-0.05, 0) is 99.3 Å². The molecule has 0 aliphatic heterocycles. The molecule has 2 heterocycles. The van der Waals surface area contributed by atoms with Gasteiger partial charge in [0.05, 0.1) is 47.1 Å². The van der Waals surface area contributed by atoms with Gasteiger partial charge in [0.25, 0.3) is 5.69 Å². The van der Waals surface area contributed by atoms with Gasteiger partial charge in [-0.2, -0.15) is 0 Å². The van der Waals surface area contributed by atoms with Gasteiger partial charge in [0.1, 0.15) is 5.65 Å². The van der Waals surface area contributed by atoms with Crippen LogP contribution in [0.3, 0.4) is 0 Å². The molecule has 4 rings (SSSR count). The standard InChI is InChI=1S/C39H58N6O6/c1-24(2)18-28-19-25(3)20-32(39(6,7)8)30(28)23-31-33(40-9)37(51-38(46)44(14-16-49-47-12)15-17-50-48-13)45-36(31)41-35(42-45)29-21-26(4)34(43(10)11)27(5)22-29/h18,21-22,25,28,30,32H,14-17,19-20,23H2,1-8,10-13H3,(H,41,42). The number of allylic oxidation sites excluding steroid dienone is 2. The number of carbonyl (C=O) groups is 1. The maximum Gasteiger partial charge on any atom is 0.415 e. The van der Waals surface area contributed by atoms with Gasteiger partial charge in [-0.15, -0.1) is 0 Å². The largest absolute Gasteiger partial charge is 0.415 e. The van der Waals surface area contributed by atoms with Gasteiger partial charge in [-0.25, -0.2) is 38.7 Å². The monoisotopic (exact) mass is 706 g/mol. The Morgan fingerprint density at radius 1 is 1.08 bits per heavy atom. The quantitative estimate of drug-likeness (QED) is 0.0586. The van der Waals surface area contributed by atoms with Crippen molar-refractivity contribution in [2.75, 3.05) is 59.5 Å². The van der Waals surface area contributed by atoms with Gasteiger partial charge < -0.3 is 14.5 Å². The van der Waals surface area contributed by atoms with Crippen molar-refractivity contribution < 1.29 is 29.1 Å². The first-order valence-electron chi connectivity index (χ1n) is 17.8. The number of aryl methyl sites for hydroxylation is 2. The molecule has 0 saturated heterocycles. The topological polar surface area (TPSA) is 107 Å². The molecule has 1 aliphatic carbocycles. The molecule has 1 aromatic carbocycles. The first kappa shape index (κ1) is 39.9. The zero-order valence-electron chi connectivity index (χ0n) is 32.7. The lowest BCUT2D eigenvalue weighted by molar-refractivity contribution is -0.278. The van der Waals surface area contributed by atoms with Gasteiger partial charge in [0, 0.05) is 30.9 Å². The number of nitrogens with one attached hydrogen (secondary N) is 1. The minimum Gasteiger partial charge on any atom is -0.402 e. The highest BCUT2D eigenvalue weighted by Gasteiger charge is 2.42. The lowest BCUT2D eigenvalue weighted by Crippen LogP contribution is -2.39. The Bertz CT molecular complexity index is 1690. The summed E-state index contributed by atoms with van der Waals surface area (Å²) >= 11 is 0. The number of benzene rings is 1. The third-order valence-electron chi connectivity index (χ3n) is 10.00. The Hall–Kier alpha value is -3.89. The van der Waals surface area contributed by atoms with E-state index in [1.54, 1.807) is 4.52 Å². The maximum atomic E-state index is 13.8. The van der Waals surface area contributed by atoms with Crippen molar-refractivity contribution in [1.29, 1.82) is 0 Å². The summed E-state index contributed by atoms with van der Waals surface area (Å²) in [5, 5.41) is 3.41. The van der Waals surface area contributed by atoms with E-state index in [-0.39, 0.29) is 49.2 Å². The second kappa shape index (κ2) is 17.1. The summed E-state index contributed by atoms with van der Waals surface area (Å²) in [6.07, 6.45) is 4.57. The van der Waals surface area contributed by atoms with Crippen LogP contribution in [0.5, 0.6) is 5.88 Å². The molecule has 4 unspecified atom stereocenters. The fourth-order valence-electron chi connectivity index (χ4n) is 8.04. The molecule has 1 saturated carbocycles. The first-order valence-corrected chi connectivity index (χ1v) is 17.8. The molecule has 1 aliphatic rings. The highest BCUT2D eigenvalue weighted by molar-refractivity contribution is 5.80. The molecule has 12 nitrogen and oxygen atoms in total. The van der Waals surface area contributed by atoms with Gasteiger partial charge in [-0.3, -0.25) is 5.10 Å². The second-order valence-corrected chi connectivity index (χ2v) is 15.5. The zero-order valence-corrected chi connectivity index (χ0v) is 32.7. The Kier molecular flexibility index (Phi) is 13.4. The molecular weight excluding hydrogens is 648 g/mol. The molecule has 2 aromatic heterocycles. The van der Waals surface area contributed by atoms with E-state index >= 15 is 0 Å². The Labute approximate surface area is 303 Å². The Balaban J connectivity index is 1.90. The minimum atomic E-state index is -0.662. The van der Waals surface area contributed by atoms with Crippen LogP contribution < -0.4 is 9.64 Å². The van der Waals surface area contributed by atoms with Gasteiger partial charge >= 0.3 is 6.09 Å². The predicted molar refractivity (Wildman–Crippen MR) is 200 cm³/mol. The van der Waals surface area contributed by atoms with E-state index in [9.17, 15) is 4.79 Å². The van der Waals surface area contributed by atoms with Gasteiger partial charge in [-0.1, -0.05) is 39.3 Å². The van der Waals surface area contributed by atoms with Gasteiger partial charge in [0.2, 0.25) is 5.88 Å². The van der Waals surface area contributed by atoms with E-state index in [1.165, 1.54) is 24.7 Å². The number of hydrogen-bond acceptors (Lipinski definition) is 8. The van der Waals surface area contributed by atoms with Crippen LogP contribution in [0.2, 0.25) is 0 Å². The number of fused-ring (bicyclic) bond motifs is 1. The molecule has 51 heavy (non-hydrogen) atoms. The van der Waals surface area contributed by atoms with Crippen LogP contribution >= 0.6 is 0 Å². The fourth-order valence-corrected chi connectivity index (χ4v) is 8.04. The van der Waals surface area contributed by atoms with Crippen LogP contribution in [0.4, 0.5) is 16.2 Å². The number of anilines is 1. The maximum absolute atomic E-state index is 13.8. The SMILES string of the molecule is [C-]#[N+]c1c(CC2C(C=C(C)C)CC(C)CC2C(C)(C)C)c2nc(-c3cc(C)c(N(C)C)c(C)c3)[nH]n2c1OC(=O)N(CCOOC)CCOOC. The van der Waals surface area contributed by atoms with Crippen molar-refractivity contribution in [3.63, 3.8) is 0 Å². The third kappa shape index (κ3) is 9.32. The fraction of sp³-hybridized carbons (Fsp3) is 0.615. The van der Waals surface area contributed by atoms with Crippen LogP contribution in [-0.4, -0.2) is 80.2 Å². The number of ether oxygens (including phenoxy) is 1. The summed E-state index contributed by atoms with van der Waals surface area (Å²) in [6, 6.07) is 4.22. The average Bonchev–Trinajstić information content (AvgIpc) is 3.58. The van der Waals surface area contributed by atoms with Crippen LogP contribution in [0.1, 0.15) is 71.1 Å². The van der Waals surface area contributed by atoms with Crippen molar-refractivity contribution in [2.45, 2.75) is 74.7 Å². The van der Waals surface area contributed by atoms with Crippen LogP contribution in [0.25, 0.3) is 21.9 Å². The Morgan fingerprint density at radius 2 is 1.69 bits per heavy atom. The van der Waals surface area contributed by atoms with Crippen LogP contribution in [0, 0.1) is 49.5 Å². The number of amides is 1. The van der Waals surface area contributed by atoms with Crippen LogP contribution in [-0.2, 0) is 26.0 Å². The molecule has 3 aromatic rings. The first-order chi connectivity index (χ1) is 24.1. The lowest BCUT2D eigenvalue weighted by atomic mass is 9.58. The summed E-state index contributed by atoms with van der Waals surface area (Å²) in [4.78, 5) is 46.1. The summed E-state index contributed by atoms with van der Waals surface area (Å²) in [5.74, 6) is 2.31. The van der Waals surface area contributed by atoms with E-state index in [1.807, 2.05) is 14.1 Å². The van der Waals surface area contributed by atoms with E-state index in [0.29, 0.717) is 35.6 Å². The molecule has 1 fully saturated rings. The number of hydrogen-bond donors (Lipinski definition) is 1. The predicted octanol–water partition coefficient (Wildman–Crippen LogP) is 8.35. The number of rotatable bonds is 14. The number of nitrogens with zero attached hydrogens (tertiary/aromatic N) is 5. The number of carbonyl (C=O) groups excluding carboxylic acids is 1. The molecule has 0 radical (unpaired) electrons.